The second-order valence-corrected chi connectivity index (χ2v) is 7.02. The largest absolute Gasteiger partial charge is 0.479 e. The molecule has 1 aliphatic rings. The number of nitrogens with zero attached hydrogens (tertiary/aromatic N) is 2. The highest BCUT2D eigenvalue weighted by atomic mass is 16.4. The van der Waals surface area contributed by atoms with E-state index in [1.165, 1.54) is 5.56 Å². The van der Waals surface area contributed by atoms with Crippen molar-refractivity contribution in [2.24, 2.45) is 0 Å². The summed E-state index contributed by atoms with van der Waals surface area (Å²) in [5.41, 5.74) is 4.42. The molecule has 4 heteroatoms. The van der Waals surface area contributed by atoms with Gasteiger partial charge in [-0.25, -0.2) is 4.79 Å². The lowest BCUT2D eigenvalue weighted by Gasteiger charge is -2.37. The first-order valence-electron chi connectivity index (χ1n) is 7.47. The molecule has 4 nitrogen and oxygen atoms in total. The van der Waals surface area contributed by atoms with Crippen LogP contribution in [0.3, 0.4) is 0 Å². The van der Waals surface area contributed by atoms with Crippen molar-refractivity contribution in [1.29, 1.82) is 0 Å². The minimum Gasteiger partial charge on any atom is -0.479 e. The summed E-state index contributed by atoms with van der Waals surface area (Å²) in [7, 11) is 0. The summed E-state index contributed by atoms with van der Waals surface area (Å²) in [6.07, 6.45) is -0.592. The Balaban J connectivity index is 2.47. The number of benzene rings is 1. The molecule has 0 aromatic heterocycles. The molecular formula is C17H26N2O2. The minimum absolute atomic E-state index is 0.162. The molecule has 0 spiro atoms. The number of aryl methyl sites for hydroxylation is 3. The number of rotatable bonds is 2. The molecule has 0 amide bonds. The van der Waals surface area contributed by atoms with Crippen LogP contribution >= 0.6 is 0 Å². The van der Waals surface area contributed by atoms with Crippen LogP contribution in [0.25, 0.3) is 0 Å². The van der Waals surface area contributed by atoms with Crippen LogP contribution in [0.15, 0.2) is 12.1 Å². The van der Waals surface area contributed by atoms with Gasteiger partial charge in [-0.15, -0.1) is 0 Å². The number of carboxylic acids is 1. The standard InChI is InChI=1S/C17H26N2O2/c1-11-9-12(2)14(13(3)10-11)18-7-8-19(17(4,5)6)15(18)16(20)21/h9-10,15H,7-8H2,1-6H3,(H,20,21). The lowest BCUT2D eigenvalue weighted by atomic mass is 10.0. The Kier molecular flexibility index (Phi) is 4.02. The predicted octanol–water partition coefficient (Wildman–Crippen LogP) is 2.94. The summed E-state index contributed by atoms with van der Waals surface area (Å²) in [6.45, 7) is 13.9. The van der Waals surface area contributed by atoms with Gasteiger partial charge in [-0.2, -0.15) is 0 Å². The SMILES string of the molecule is Cc1cc(C)c(N2CCN(C(C)(C)C)C2C(=O)O)c(C)c1. The van der Waals surface area contributed by atoms with Gasteiger partial charge in [-0.3, -0.25) is 4.90 Å². The van der Waals surface area contributed by atoms with Gasteiger partial charge in [0.25, 0.3) is 0 Å². The van der Waals surface area contributed by atoms with E-state index >= 15 is 0 Å². The van der Waals surface area contributed by atoms with E-state index in [4.69, 9.17) is 0 Å². The predicted molar refractivity (Wildman–Crippen MR) is 85.9 cm³/mol. The van der Waals surface area contributed by atoms with Crippen molar-refractivity contribution in [2.45, 2.75) is 53.2 Å². The van der Waals surface area contributed by atoms with Crippen molar-refractivity contribution in [3.05, 3.63) is 28.8 Å². The van der Waals surface area contributed by atoms with Gasteiger partial charge < -0.3 is 10.0 Å². The molecular weight excluding hydrogens is 264 g/mol. The molecule has 0 aliphatic carbocycles. The van der Waals surface area contributed by atoms with E-state index in [-0.39, 0.29) is 5.54 Å². The van der Waals surface area contributed by atoms with E-state index in [2.05, 4.69) is 58.6 Å². The fourth-order valence-corrected chi connectivity index (χ4v) is 3.46. The molecule has 0 saturated carbocycles. The highest BCUT2D eigenvalue weighted by molar-refractivity contribution is 5.80. The number of hydrogen-bond donors (Lipinski definition) is 1. The lowest BCUT2D eigenvalue weighted by Crippen LogP contribution is -2.52. The first-order valence-corrected chi connectivity index (χ1v) is 7.47. The molecule has 1 unspecified atom stereocenters. The molecule has 0 radical (unpaired) electrons. The second-order valence-electron chi connectivity index (χ2n) is 7.02. The molecule has 1 saturated heterocycles. The number of hydrogen-bond acceptors (Lipinski definition) is 3. The summed E-state index contributed by atoms with van der Waals surface area (Å²) >= 11 is 0. The average Bonchev–Trinajstić information content (AvgIpc) is 2.71. The van der Waals surface area contributed by atoms with Crippen molar-refractivity contribution in [2.75, 3.05) is 18.0 Å². The zero-order valence-electron chi connectivity index (χ0n) is 13.9. The average molecular weight is 290 g/mol. The van der Waals surface area contributed by atoms with Crippen LogP contribution in [0, 0.1) is 20.8 Å². The number of aliphatic carboxylic acids is 1. The van der Waals surface area contributed by atoms with Gasteiger partial charge >= 0.3 is 5.97 Å². The molecule has 1 N–H and O–H groups in total. The van der Waals surface area contributed by atoms with Crippen LogP contribution < -0.4 is 4.90 Å². The van der Waals surface area contributed by atoms with Gasteiger partial charge in [0.05, 0.1) is 0 Å². The van der Waals surface area contributed by atoms with Crippen LogP contribution in [0.2, 0.25) is 0 Å². The zero-order valence-corrected chi connectivity index (χ0v) is 13.9. The monoisotopic (exact) mass is 290 g/mol. The van der Waals surface area contributed by atoms with Gasteiger partial charge in [0.15, 0.2) is 6.17 Å². The number of carbonyl (C=O) groups is 1. The Labute approximate surface area is 127 Å². The smallest absolute Gasteiger partial charge is 0.341 e. The third kappa shape index (κ3) is 2.91. The second kappa shape index (κ2) is 5.34. The highest BCUT2D eigenvalue weighted by Crippen LogP contribution is 2.34. The molecule has 1 fully saturated rings. The Hall–Kier alpha value is -1.55. The van der Waals surface area contributed by atoms with E-state index in [1.54, 1.807) is 0 Å². The quantitative estimate of drug-likeness (QED) is 0.909. The van der Waals surface area contributed by atoms with Crippen LogP contribution in [0.1, 0.15) is 37.5 Å². The maximum atomic E-state index is 11.8. The Morgan fingerprint density at radius 1 is 1.14 bits per heavy atom. The van der Waals surface area contributed by atoms with E-state index < -0.39 is 12.1 Å². The molecule has 1 aromatic rings. The van der Waals surface area contributed by atoms with Crippen LogP contribution in [0.4, 0.5) is 5.69 Å². The Morgan fingerprint density at radius 3 is 2.10 bits per heavy atom. The van der Waals surface area contributed by atoms with Crippen molar-refractivity contribution in [3.8, 4) is 0 Å². The minimum atomic E-state index is -0.776. The lowest BCUT2D eigenvalue weighted by molar-refractivity contribution is -0.143. The molecule has 116 valence electrons. The summed E-state index contributed by atoms with van der Waals surface area (Å²) in [5.74, 6) is -0.776. The number of carboxylic acid groups (broad SMARTS) is 1. The van der Waals surface area contributed by atoms with E-state index in [9.17, 15) is 9.90 Å². The van der Waals surface area contributed by atoms with Crippen LogP contribution in [-0.2, 0) is 4.79 Å². The fraction of sp³-hybridized carbons (Fsp3) is 0.588. The van der Waals surface area contributed by atoms with E-state index in [0.717, 1.165) is 29.9 Å². The summed E-state index contributed by atoms with van der Waals surface area (Å²) in [4.78, 5) is 16.0. The first-order chi connectivity index (χ1) is 9.62. The highest BCUT2D eigenvalue weighted by Gasteiger charge is 2.43. The first kappa shape index (κ1) is 15.8. The van der Waals surface area contributed by atoms with Gasteiger partial charge in [0.1, 0.15) is 0 Å². The topological polar surface area (TPSA) is 43.8 Å². The number of anilines is 1. The summed E-state index contributed by atoms with van der Waals surface area (Å²) in [5, 5.41) is 9.73. The molecule has 0 bridgehead atoms. The molecule has 1 aromatic carbocycles. The zero-order chi connectivity index (χ0) is 15.9. The van der Waals surface area contributed by atoms with Crippen molar-refractivity contribution in [1.82, 2.24) is 4.90 Å². The van der Waals surface area contributed by atoms with Crippen LogP contribution in [0.5, 0.6) is 0 Å². The normalized spacial score (nSPS) is 20.1. The maximum absolute atomic E-state index is 11.8. The molecule has 1 atom stereocenters. The van der Waals surface area contributed by atoms with Gasteiger partial charge in [-0.05, 0) is 52.7 Å². The molecule has 1 heterocycles. The summed E-state index contributed by atoms with van der Waals surface area (Å²) in [6, 6.07) is 4.25. The molecule has 1 aliphatic heterocycles. The molecule has 2 rings (SSSR count). The fourth-order valence-electron chi connectivity index (χ4n) is 3.46. The third-order valence-corrected chi connectivity index (χ3v) is 4.18. The van der Waals surface area contributed by atoms with E-state index in [1.807, 2.05) is 4.90 Å². The molecule has 21 heavy (non-hydrogen) atoms. The van der Waals surface area contributed by atoms with Crippen molar-refractivity contribution >= 4 is 11.7 Å². The van der Waals surface area contributed by atoms with Crippen LogP contribution in [-0.4, -0.2) is 40.8 Å². The maximum Gasteiger partial charge on any atom is 0.341 e. The van der Waals surface area contributed by atoms with Gasteiger partial charge in [-0.1, -0.05) is 17.7 Å². The summed E-state index contributed by atoms with van der Waals surface area (Å²) < 4.78 is 0. The van der Waals surface area contributed by atoms with Gasteiger partial charge in [0, 0.05) is 24.3 Å². The van der Waals surface area contributed by atoms with Crippen molar-refractivity contribution in [3.63, 3.8) is 0 Å². The van der Waals surface area contributed by atoms with Gasteiger partial charge in [0.2, 0.25) is 0 Å². The Bertz CT molecular complexity index is 537. The third-order valence-electron chi connectivity index (χ3n) is 4.18. The van der Waals surface area contributed by atoms with Crippen molar-refractivity contribution < 1.29 is 9.90 Å². The van der Waals surface area contributed by atoms with E-state index in [0.29, 0.717) is 0 Å². The Morgan fingerprint density at radius 2 is 1.67 bits per heavy atom.